The molecule has 1 N–H and O–H groups in total. The molecule has 0 heterocycles. The molecule has 0 saturated heterocycles. The van der Waals surface area contributed by atoms with Gasteiger partial charge in [0.1, 0.15) is 5.75 Å². The number of carbonyl (C=O) groups excluding carboxylic acids is 2. The van der Waals surface area contributed by atoms with Gasteiger partial charge in [-0.2, -0.15) is 0 Å². The van der Waals surface area contributed by atoms with Crippen LogP contribution < -0.4 is 0 Å². The number of carbonyl (C=O) groups is 2. The van der Waals surface area contributed by atoms with Crippen molar-refractivity contribution in [2.45, 2.75) is 13.0 Å². The second kappa shape index (κ2) is 8.06. The maximum atomic E-state index is 12.3. The Kier molecular flexibility index (Phi) is 5.57. The van der Waals surface area contributed by atoms with Crippen LogP contribution in [0.2, 0.25) is 5.02 Å². The van der Waals surface area contributed by atoms with E-state index < -0.39 is 12.1 Å². The number of phenols is 1. The molecule has 0 amide bonds. The quantitative estimate of drug-likeness (QED) is 0.491. The molecule has 0 bridgehead atoms. The third-order valence-electron chi connectivity index (χ3n) is 4.10. The zero-order valence-corrected chi connectivity index (χ0v) is 15.3. The van der Waals surface area contributed by atoms with Crippen LogP contribution in [0.4, 0.5) is 0 Å². The topological polar surface area (TPSA) is 63.6 Å². The molecule has 0 unspecified atom stereocenters. The number of Topliss-reactive ketones (excluding diaryl/α,β-unsaturated/α-hetero) is 1. The number of hydrogen-bond acceptors (Lipinski definition) is 4. The standard InChI is InChI=1S/C22H17ClO4/c1-14(21(25)17-6-10-19(23)11-7-17)27-22(26)18-4-2-15(3-5-18)16-8-12-20(24)13-9-16/h2-14,24H,1H3/t14-/m0/s1. The summed E-state index contributed by atoms with van der Waals surface area (Å²) in [6.07, 6.45) is -0.907. The summed E-state index contributed by atoms with van der Waals surface area (Å²) < 4.78 is 5.29. The number of phenolic OH excluding ortho intramolecular Hbond substituents is 1. The average Bonchev–Trinajstić information content (AvgIpc) is 2.68. The number of benzene rings is 3. The Bertz CT molecular complexity index is 945. The van der Waals surface area contributed by atoms with Gasteiger partial charge in [-0.05, 0) is 66.6 Å². The molecule has 0 aliphatic carbocycles. The van der Waals surface area contributed by atoms with Gasteiger partial charge in [-0.1, -0.05) is 35.9 Å². The zero-order chi connectivity index (χ0) is 19.4. The van der Waals surface area contributed by atoms with E-state index in [2.05, 4.69) is 0 Å². The maximum absolute atomic E-state index is 12.3. The molecule has 4 nitrogen and oxygen atoms in total. The van der Waals surface area contributed by atoms with Crippen LogP contribution >= 0.6 is 11.6 Å². The van der Waals surface area contributed by atoms with E-state index >= 15 is 0 Å². The highest BCUT2D eigenvalue weighted by molar-refractivity contribution is 6.30. The minimum absolute atomic E-state index is 0.193. The summed E-state index contributed by atoms with van der Waals surface area (Å²) in [7, 11) is 0. The van der Waals surface area contributed by atoms with Gasteiger partial charge in [-0.25, -0.2) is 4.79 Å². The molecule has 3 rings (SSSR count). The van der Waals surface area contributed by atoms with Gasteiger partial charge in [0.15, 0.2) is 6.10 Å². The van der Waals surface area contributed by atoms with Crippen molar-refractivity contribution in [3.63, 3.8) is 0 Å². The molecule has 3 aromatic carbocycles. The van der Waals surface area contributed by atoms with Crippen LogP contribution in [0.15, 0.2) is 72.8 Å². The highest BCUT2D eigenvalue weighted by Crippen LogP contribution is 2.22. The van der Waals surface area contributed by atoms with Crippen molar-refractivity contribution in [2.24, 2.45) is 0 Å². The van der Waals surface area contributed by atoms with Crippen LogP contribution in [0.5, 0.6) is 5.75 Å². The number of ether oxygens (including phenoxy) is 1. The van der Waals surface area contributed by atoms with Crippen molar-refractivity contribution < 1.29 is 19.4 Å². The van der Waals surface area contributed by atoms with Gasteiger partial charge in [0.05, 0.1) is 5.56 Å². The van der Waals surface area contributed by atoms with E-state index in [-0.39, 0.29) is 11.5 Å². The van der Waals surface area contributed by atoms with Gasteiger partial charge in [0, 0.05) is 10.6 Å². The number of rotatable bonds is 5. The number of ketones is 1. The van der Waals surface area contributed by atoms with E-state index in [1.807, 2.05) is 0 Å². The average molecular weight is 381 g/mol. The fourth-order valence-electron chi connectivity index (χ4n) is 2.58. The van der Waals surface area contributed by atoms with Gasteiger partial charge in [-0.15, -0.1) is 0 Å². The molecular weight excluding hydrogens is 364 g/mol. The van der Waals surface area contributed by atoms with E-state index in [1.165, 1.54) is 0 Å². The fourth-order valence-corrected chi connectivity index (χ4v) is 2.71. The van der Waals surface area contributed by atoms with E-state index in [0.717, 1.165) is 11.1 Å². The van der Waals surface area contributed by atoms with Crippen LogP contribution in [0.25, 0.3) is 11.1 Å². The molecular formula is C22H17ClO4. The molecule has 0 saturated carbocycles. The van der Waals surface area contributed by atoms with Gasteiger partial charge in [-0.3, -0.25) is 4.79 Å². The van der Waals surface area contributed by atoms with Gasteiger partial charge >= 0.3 is 5.97 Å². The van der Waals surface area contributed by atoms with Gasteiger partial charge in [0.2, 0.25) is 5.78 Å². The summed E-state index contributed by atoms with van der Waals surface area (Å²) in [6.45, 7) is 1.54. The number of esters is 1. The first kappa shape index (κ1) is 18.7. The molecule has 5 heteroatoms. The lowest BCUT2D eigenvalue weighted by molar-refractivity contribution is 0.0319. The summed E-state index contributed by atoms with van der Waals surface area (Å²) in [5, 5.41) is 9.88. The van der Waals surface area contributed by atoms with Crippen molar-refractivity contribution in [2.75, 3.05) is 0 Å². The lowest BCUT2D eigenvalue weighted by Crippen LogP contribution is -2.24. The normalized spacial score (nSPS) is 11.6. The Balaban J connectivity index is 1.67. The molecule has 3 aromatic rings. The molecule has 0 aromatic heterocycles. The minimum atomic E-state index is -0.907. The molecule has 0 aliphatic rings. The van der Waals surface area contributed by atoms with Crippen LogP contribution in [0.3, 0.4) is 0 Å². The fraction of sp³-hybridized carbons (Fsp3) is 0.0909. The van der Waals surface area contributed by atoms with E-state index in [9.17, 15) is 14.7 Å². The molecule has 0 aliphatic heterocycles. The smallest absolute Gasteiger partial charge is 0.338 e. The lowest BCUT2D eigenvalue weighted by Gasteiger charge is -2.13. The first-order chi connectivity index (χ1) is 12.9. The van der Waals surface area contributed by atoms with Crippen LogP contribution in [-0.4, -0.2) is 23.0 Å². The summed E-state index contributed by atoms with van der Waals surface area (Å²) in [6, 6.07) is 20.1. The minimum Gasteiger partial charge on any atom is -0.508 e. The third kappa shape index (κ3) is 4.54. The molecule has 1 atom stereocenters. The molecule has 27 heavy (non-hydrogen) atoms. The van der Waals surface area contributed by atoms with E-state index in [4.69, 9.17) is 16.3 Å². The third-order valence-corrected chi connectivity index (χ3v) is 4.35. The second-order valence-corrected chi connectivity index (χ2v) is 6.48. The summed E-state index contributed by atoms with van der Waals surface area (Å²) in [5.41, 5.74) is 2.60. The van der Waals surface area contributed by atoms with Crippen molar-refractivity contribution in [1.29, 1.82) is 0 Å². The first-order valence-electron chi connectivity index (χ1n) is 8.34. The summed E-state index contributed by atoms with van der Waals surface area (Å²) >= 11 is 5.82. The highest BCUT2D eigenvalue weighted by atomic mass is 35.5. The predicted molar refractivity (Wildman–Crippen MR) is 104 cm³/mol. The Morgan fingerprint density at radius 3 is 1.85 bits per heavy atom. The SMILES string of the molecule is C[C@H](OC(=O)c1ccc(-c2ccc(O)cc2)cc1)C(=O)c1ccc(Cl)cc1. The van der Waals surface area contributed by atoms with Crippen molar-refractivity contribution >= 4 is 23.4 Å². The monoisotopic (exact) mass is 380 g/mol. The molecule has 136 valence electrons. The Morgan fingerprint density at radius 2 is 1.30 bits per heavy atom. The van der Waals surface area contributed by atoms with E-state index in [1.54, 1.807) is 79.7 Å². The molecule has 0 fully saturated rings. The largest absolute Gasteiger partial charge is 0.508 e. The Hall–Kier alpha value is -3.11. The van der Waals surface area contributed by atoms with Gasteiger partial charge in [0.25, 0.3) is 0 Å². The van der Waals surface area contributed by atoms with Crippen LogP contribution in [-0.2, 0) is 4.74 Å². The second-order valence-electron chi connectivity index (χ2n) is 6.04. The van der Waals surface area contributed by atoms with Crippen molar-refractivity contribution in [1.82, 2.24) is 0 Å². The summed E-state index contributed by atoms with van der Waals surface area (Å²) in [4.78, 5) is 24.7. The number of halogens is 1. The van der Waals surface area contributed by atoms with E-state index in [0.29, 0.717) is 16.1 Å². The highest BCUT2D eigenvalue weighted by Gasteiger charge is 2.20. The first-order valence-corrected chi connectivity index (χ1v) is 8.72. The van der Waals surface area contributed by atoms with Crippen molar-refractivity contribution in [3.05, 3.63) is 88.9 Å². The Morgan fingerprint density at radius 1 is 0.815 bits per heavy atom. The number of aromatic hydroxyl groups is 1. The van der Waals surface area contributed by atoms with Gasteiger partial charge < -0.3 is 9.84 Å². The van der Waals surface area contributed by atoms with Crippen LogP contribution in [0.1, 0.15) is 27.6 Å². The van der Waals surface area contributed by atoms with Crippen molar-refractivity contribution in [3.8, 4) is 16.9 Å². The maximum Gasteiger partial charge on any atom is 0.338 e. The lowest BCUT2D eigenvalue weighted by atomic mass is 10.0. The molecule has 0 spiro atoms. The zero-order valence-electron chi connectivity index (χ0n) is 14.6. The Labute approximate surface area is 162 Å². The van der Waals surface area contributed by atoms with Crippen LogP contribution in [0, 0.1) is 0 Å². The summed E-state index contributed by atoms with van der Waals surface area (Å²) in [5.74, 6) is -0.666. The molecule has 0 radical (unpaired) electrons. The predicted octanol–water partition coefficient (Wildman–Crippen LogP) is 5.14. The number of hydrogen-bond donors (Lipinski definition) is 1.